The Balaban J connectivity index is 2.01. The molecule has 110 valence electrons. The van der Waals surface area contributed by atoms with Gasteiger partial charge in [0.05, 0.1) is 0 Å². The van der Waals surface area contributed by atoms with Gasteiger partial charge in [0.2, 0.25) is 0 Å². The Bertz CT molecular complexity index is 688. The fraction of sp³-hybridized carbons (Fsp3) is 0.200. The molecule has 0 unspecified atom stereocenters. The third-order valence-corrected chi connectivity index (χ3v) is 4.23. The van der Waals surface area contributed by atoms with Gasteiger partial charge in [-0.25, -0.2) is 0 Å². The number of nitrogens with zero attached hydrogens (tertiary/aromatic N) is 1. The molecule has 22 heavy (non-hydrogen) atoms. The standard InChI is InChI=1S/C20H22BN/c1-3-16-22-20(18-11-5-4-6-12-18)14-9-15-21(22)19-13-8-7-10-17(19)2/h4-15H,3,16H2,1-2H3. The topological polar surface area (TPSA) is 3.24 Å². The van der Waals surface area contributed by atoms with E-state index in [1.165, 1.54) is 22.3 Å². The fourth-order valence-electron chi connectivity index (χ4n) is 3.16. The molecule has 0 radical (unpaired) electrons. The predicted octanol–water partition coefficient (Wildman–Crippen LogP) is 4.06. The van der Waals surface area contributed by atoms with Crippen LogP contribution in [0.3, 0.4) is 0 Å². The molecule has 2 heteroatoms. The van der Waals surface area contributed by atoms with Gasteiger partial charge in [0.15, 0.2) is 0 Å². The van der Waals surface area contributed by atoms with E-state index in [9.17, 15) is 0 Å². The van der Waals surface area contributed by atoms with E-state index in [0.717, 1.165) is 13.0 Å². The minimum absolute atomic E-state index is 0.321. The van der Waals surface area contributed by atoms with E-state index in [4.69, 9.17) is 0 Å². The van der Waals surface area contributed by atoms with Crippen molar-refractivity contribution in [1.29, 1.82) is 0 Å². The van der Waals surface area contributed by atoms with E-state index < -0.39 is 0 Å². The van der Waals surface area contributed by atoms with Gasteiger partial charge in [-0.1, -0.05) is 79.1 Å². The highest BCUT2D eigenvalue weighted by molar-refractivity contribution is 6.77. The van der Waals surface area contributed by atoms with Crippen molar-refractivity contribution in [2.75, 3.05) is 6.54 Å². The molecule has 0 aliphatic carbocycles. The highest BCUT2D eigenvalue weighted by atomic mass is 15.1. The molecule has 2 aromatic rings. The molecule has 1 heterocycles. The van der Waals surface area contributed by atoms with E-state index >= 15 is 0 Å². The molecule has 0 saturated heterocycles. The first kappa shape index (κ1) is 14.7. The van der Waals surface area contributed by atoms with Gasteiger partial charge in [0.1, 0.15) is 0 Å². The Labute approximate surface area is 134 Å². The molecule has 0 N–H and O–H groups in total. The molecular weight excluding hydrogens is 265 g/mol. The van der Waals surface area contributed by atoms with Crippen molar-refractivity contribution >= 4 is 18.0 Å². The summed E-state index contributed by atoms with van der Waals surface area (Å²) in [5, 5.41) is 0. The zero-order chi connectivity index (χ0) is 15.4. The summed E-state index contributed by atoms with van der Waals surface area (Å²) in [5.74, 6) is 2.31. The van der Waals surface area contributed by atoms with Gasteiger partial charge < -0.3 is 4.81 Å². The van der Waals surface area contributed by atoms with Crippen molar-refractivity contribution in [3.8, 4) is 0 Å². The molecule has 0 fully saturated rings. The summed E-state index contributed by atoms with van der Waals surface area (Å²) in [6, 6.07) is 19.4. The summed E-state index contributed by atoms with van der Waals surface area (Å²) >= 11 is 0. The first-order valence-corrected chi connectivity index (χ1v) is 8.07. The monoisotopic (exact) mass is 287 g/mol. The lowest BCUT2D eigenvalue weighted by Gasteiger charge is -2.35. The van der Waals surface area contributed by atoms with Crippen LogP contribution in [0.4, 0.5) is 0 Å². The Hall–Kier alpha value is -2.22. The molecule has 3 rings (SSSR count). The van der Waals surface area contributed by atoms with Gasteiger partial charge in [-0.15, -0.1) is 0 Å². The van der Waals surface area contributed by atoms with Crippen LogP contribution < -0.4 is 5.46 Å². The van der Waals surface area contributed by atoms with E-state index in [2.05, 4.69) is 91.4 Å². The molecule has 0 atom stereocenters. The number of hydrogen-bond donors (Lipinski definition) is 0. The maximum absolute atomic E-state index is 2.53. The van der Waals surface area contributed by atoms with E-state index in [1.54, 1.807) is 0 Å². The van der Waals surface area contributed by atoms with Crippen molar-refractivity contribution < 1.29 is 0 Å². The Morgan fingerprint density at radius 1 is 0.955 bits per heavy atom. The van der Waals surface area contributed by atoms with Crippen LogP contribution in [0.1, 0.15) is 24.5 Å². The number of allylic oxidation sites excluding steroid dienone is 2. The second-order valence-corrected chi connectivity index (χ2v) is 5.80. The summed E-state index contributed by atoms with van der Waals surface area (Å²) in [4.78, 5) is 2.53. The zero-order valence-electron chi connectivity index (χ0n) is 13.4. The first-order valence-electron chi connectivity index (χ1n) is 8.07. The molecule has 2 aromatic carbocycles. The lowest BCUT2D eigenvalue weighted by Crippen LogP contribution is -2.48. The van der Waals surface area contributed by atoms with Crippen LogP contribution in [0.15, 0.2) is 72.7 Å². The molecule has 1 nitrogen and oxygen atoms in total. The van der Waals surface area contributed by atoms with Crippen LogP contribution in [0.25, 0.3) is 5.70 Å². The second kappa shape index (κ2) is 6.70. The Morgan fingerprint density at radius 3 is 2.41 bits per heavy atom. The lowest BCUT2D eigenvalue weighted by molar-refractivity contribution is 0.594. The summed E-state index contributed by atoms with van der Waals surface area (Å²) < 4.78 is 0. The molecule has 0 spiro atoms. The molecule has 0 saturated carbocycles. The number of hydrogen-bond acceptors (Lipinski definition) is 1. The molecule has 1 aliphatic heterocycles. The van der Waals surface area contributed by atoms with E-state index in [-0.39, 0.29) is 0 Å². The van der Waals surface area contributed by atoms with Gasteiger partial charge >= 0.3 is 6.85 Å². The van der Waals surface area contributed by atoms with Gasteiger partial charge in [-0.2, -0.15) is 0 Å². The third-order valence-electron chi connectivity index (χ3n) is 4.23. The maximum atomic E-state index is 2.53. The van der Waals surface area contributed by atoms with Crippen LogP contribution in [-0.2, 0) is 0 Å². The summed E-state index contributed by atoms with van der Waals surface area (Å²) in [7, 11) is 0. The largest absolute Gasteiger partial charge is 0.407 e. The fourth-order valence-corrected chi connectivity index (χ4v) is 3.16. The number of benzene rings is 2. The van der Waals surface area contributed by atoms with Crippen molar-refractivity contribution in [2.24, 2.45) is 0 Å². The summed E-state index contributed by atoms with van der Waals surface area (Å²) in [5.41, 5.74) is 5.36. The zero-order valence-corrected chi connectivity index (χ0v) is 13.4. The van der Waals surface area contributed by atoms with Crippen LogP contribution in [-0.4, -0.2) is 18.2 Å². The lowest BCUT2D eigenvalue weighted by atomic mass is 9.51. The highest BCUT2D eigenvalue weighted by Gasteiger charge is 2.27. The highest BCUT2D eigenvalue weighted by Crippen LogP contribution is 2.24. The Morgan fingerprint density at radius 2 is 1.68 bits per heavy atom. The predicted molar refractivity (Wildman–Crippen MR) is 97.1 cm³/mol. The molecule has 1 aliphatic rings. The minimum Gasteiger partial charge on any atom is -0.407 e. The van der Waals surface area contributed by atoms with E-state index in [0.29, 0.717) is 6.85 Å². The molecule has 0 bridgehead atoms. The van der Waals surface area contributed by atoms with Crippen LogP contribution in [0.2, 0.25) is 0 Å². The SMILES string of the molecule is CCCN1B(c2ccccc2C)C=CC=C1c1ccccc1. The van der Waals surface area contributed by atoms with Gasteiger partial charge in [0, 0.05) is 12.2 Å². The second-order valence-electron chi connectivity index (χ2n) is 5.80. The average Bonchev–Trinajstić information content (AvgIpc) is 2.57. The normalized spacial score (nSPS) is 14.2. The van der Waals surface area contributed by atoms with Crippen LogP contribution >= 0.6 is 0 Å². The van der Waals surface area contributed by atoms with Gasteiger partial charge in [-0.3, -0.25) is 0 Å². The van der Waals surface area contributed by atoms with Gasteiger partial charge in [-0.05, 0) is 30.4 Å². The third kappa shape index (κ3) is 2.87. The summed E-state index contributed by atoms with van der Waals surface area (Å²) in [6.45, 7) is 5.83. The molecule has 0 aromatic heterocycles. The van der Waals surface area contributed by atoms with Crippen LogP contribution in [0, 0.1) is 6.92 Å². The first-order chi connectivity index (χ1) is 10.8. The number of rotatable bonds is 4. The summed E-state index contributed by atoms with van der Waals surface area (Å²) in [6.07, 6.45) is 5.58. The van der Waals surface area contributed by atoms with Crippen LogP contribution in [0.5, 0.6) is 0 Å². The smallest absolute Gasteiger partial charge is 0.316 e. The quantitative estimate of drug-likeness (QED) is 0.767. The van der Waals surface area contributed by atoms with Crippen molar-refractivity contribution in [3.63, 3.8) is 0 Å². The number of aryl methyl sites for hydroxylation is 1. The Kier molecular flexibility index (Phi) is 4.48. The maximum Gasteiger partial charge on any atom is 0.316 e. The average molecular weight is 287 g/mol. The van der Waals surface area contributed by atoms with Crippen molar-refractivity contribution in [1.82, 2.24) is 4.81 Å². The van der Waals surface area contributed by atoms with Crippen molar-refractivity contribution in [2.45, 2.75) is 20.3 Å². The molecule has 0 amide bonds. The minimum atomic E-state index is 0.321. The van der Waals surface area contributed by atoms with Gasteiger partial charge in [0.25, 0.3) is 0 Å². The van der Waals surface area contributed by atoms with Crippen molar-refractivity contribution in [3.05, 3.63) is 83.9 Å². The van der Waals surface area contributed by atoms with E-state index in [1.807, 2.05) is 0 Å². The molecular formula is C20H22BN.